The monoisotopic (exact) mass is 180 g/mol. The van der Waals surface area contributed by atoms with Crippen molar-refractivity contribution in [3.05, 3.63) is 22.9 Å². The van der Waals surface area contributed by atoms with E-state index in [0.29, 0.717) is 11.4 Å². The maximum atomic E-state index is 9.77. The van der Waals surface area contributed by atoms with E-state index < -0.39 is 5.60 Å². The van der Waals surface area contributed by atoms with Crippen molar-refractivity contribution in [2.75, 3.05) is 5.73 Å². The summed E-state index contributed by atoms with van der Waals surface area (Å²) in [6.07, 6.45) is 0. The van der Waals surface area contributed by atoms with Gasteiger partial charge in [0.05, 0.1) is 5.60 Å². The normalized spacial score (nSPS) is 11.8. The Bertz CT molecular complexity index is 326. The fraction of sp³-hybridized carbons (Fsp3) is 0.500. The van der Waals surface area contributed by atoms with Gasteiger partial charge in [0, 0.05) is 11.3 Å². The van der Waals surface area contributed by atoms with Crippen molar-refractivity contribution in [2.45, 2.75) is 33.3 Å². The van der Waals surface area contributed by atoms with Crippen molar-refractivity contribution in [3.8, 4) is 0 Å². The van der Waals surface area contributed by atoms with Gasteiger partial charge in [-0.15, -0.1) is 0 Å². The van der Waals surface area contributed by atoms with E-state index in [1.54, 1.807) is 13.8 Å². The molecule has 72 valence electrons. The Morgan fingerprint density at radius 2 is 1.92 bits per heavy atom. The molecule has 1 heterocycles. The van der Waals surface area contributed by atoms with Crippen LogP contribution in [0.2, 0.25) is 0 Å². The van der Waals surface area contributed by atoms with Crippen LogP contribution in [0.4, 0.5) is 5.82 Å². The lowest BCUT2D eigenvalue weighted by molar-refractivity contribution is 0.0790. The maximum absolute atomic E-state index is 9.77. The molecule has 0 saturated heterocycles. The highest BCUT2D eigenvalue weighted by molar-refractivity contribution is 5.46. The van der Waals surface area contributed by atoms with Gasteiger partial charge in [0.15, 0.2) is 0 Å². The molecule has 3 N–H and O–H groups in total. The quantitative estimate of drug-likeness (QED) is 0.688. The molecule has 1 aromatic rings. The molecule has 3 heteroatoms. The summed E-state index contributed by atoms with van der Waals surface area (Å²) in [4.78, 5) is 4.16. The first-order valence-corrected chi connectivity index (χ1v) is 4.29. The van der Waals surface area contributed by atoms with Gasteiger partial charge in [0.1, 0.15) is 5.82 Å². The summed E-state index contributed by atoms with van der Waals surface area (Å²) in [5, 5.41) is 9.77. The smallest absolute Gasteiger partial charge is 0.129 e. The van der Waals surface area contributed by atoms with Gasteiger partial charge in [0.25, 0.3) is 0 Å². The van der Waals surface area contributed by atoms with Crippen molar-refractivity contribution in [2.24, 2.45) is 0 Å². The summed E-state index contributed by atoms with van der Waals surface area (Å²) in [6.45, 7) is 7.27. The molecule has 0 spiro atoms. The zero-order valence-electron chi connectivity index (χ0n) is 8.55. The number of hydrogen-bond acceptors (Lipinski definition) is 3. The highest BCUT2D eigenvalue weighted by Crippen LogP contribution is 2.25. The lowest BCUT2D eigenvalue weighted by Crippen LogP contribution is -2.19. The van der Waals surface area contributed by atoms with Gasteiger partial charge >= 0.3 is 0 Å². The molecule has 13 heavy (non-hydrogen) atoms. The Morgan fingerprint density at radius 1 is 1.38 bits per heavy atom. The summed E-state index contributed by atoms with van der Waals surface area (Å²) in [6, 6.07) is 1.89. The minimum Gasteiger partial charge on any atom is -0.386 e. The van der Waals surface area contributed by atoms with Gasteiger partial charge in [0.2, 0.25) is 0 Å². The summed E-state index contributed by atoms with van der Waals surface area (Å²) in [5.41, 5.74) is 7.43. The van der Waals surface area contributed by atoms with E-state index in [1.165, 1.54) is 0 Å². The molecule has 0 aliphatic rings. The second-order valence-corrected chi connectivity index (χ2v) is 3.88. The maximum Gasteiger partial charge on any atom is 0.129 e. The number of anilines is 1. The van der Waals surface area contributed by atoms with Gasteiger partial charge < -0.3 is 10.8 Å². The first kappa shape index (κ1) is 9.99. The molecule has 0 aliphatic carbocycles. The number of hydrogen-bond donors (Lipinski definition) is 2. The minimum absolute atomic E-state index is 0.413. The molecule has 0 aliphatic heterocycles. The summed E-state index contributed by atoms with van der Waals surface area (Å²) < 4.78 is 0. The zero-order chi connectivity index (χ0) is 10.2. The largest absolute Gasteiger partial charge is 0.386 e. The van der Waals surface area contributed by atoms with E-state index in [2.05, 4.69) is 4.98 Å². The highest BCUT2D eigenvalue weighted by atomic mass is 16.3. The molecule has 0 unspecified atom stereocenters. The number of nitrogens with two attached hydrogens (primary N) is 1. The summed E-state index contributed by atoms with van der Waals surface area (Å²) in [5.74, 6) is 0.413. The molecule has 0 radical (unpaired) electrons. The number of aliphatic hydroxyl groups is 1. The Hall–Kier alpha value is -1.09. The van der Waals surface area contributed by atoms with Crippen LogP contribution in [0.3, 0.4) is 0 Å². The topological polar surface area (TPSA) is 59.1 Å². The molecule has 0 amide bonds. The Balaban J connectivity index is 3.32. The molecule has 1 aromatic heterocycles. The predicted octanol–water partition coefficient (Wildman–Crippen LogP) is 1.51. The van der Waals surface area contributed by atoms with E-state index in [1.807, 2.05) is 19.9 Å². The number of aryl methyl sites for hydroxylation is 2. The molecule has 0 bridgehead atoms. The van der Waals surface area contributed by atoms with Crippen molar-refractivity contribution in [3.63, 3.8) is 0 Å². The van der Waals surface area contributed by atoms with E-state index in [-0.39, 0.29) is 0 Å². The van der Waals surface area contributed by atoms with Crippen LogP contribution in [0.1, 0.15) is 30.7 Å². The first-order valence-electron chi connectivity index (χ1n) is 4.29. The number of pyridine rings is 1. The highest BCUT2D eigenvalue weighted by Gasteiger charge is 2.20. The van der Waals surface area contributed by atoms with E-state index >= 15 is 0 Å². The van der Waals surface area contributed by atoms with E-state index in [9.17, 15) is 5.11 Å². The lowest BCUT2D eigenvalue weighted by atomic mass is 9.97. The molecule has 0 aromatic carbocycles. The van der Waals surface area contributed by atoms with Crippen LogP contribution in [0.15, 0.2) is 6.07 Å². The van der Waals surface area contributed by atoms with Crippen LogP contribution in [0, 0.1) is 13.8 Å². The van der Waals surface area contributed by atoms with Crippen molar-refractivity contribution < 1.29 is 5.11 Å². The number of rotatable bonds is 1. The minimum atomic E-state index is -0.921. The Morgan fingerprint density at radius 3 is 2.38 bits per heavy atom. The summed E-state index contributed by atoms with van der Waals surface area (Å²) in [7, 11) is 0. The molecule has 1 rings (SSSR count). The second-order valence-electron chi connectivity index (χ2n) is 3.88. The molecular formula is C10H16N2O. The van der Waals surface area contributed by atoms with E-state index in [0.717, 1.165) is 11.3 Å². The van der Waals surface area contributed by atoms with Crippen LogP contribution in [-0.2, 0) is 5.60 Å². The van der Waals surface area contributed by atoms with E-state index in [4.69, 9.17) is 5.73 Å². The third-order valence-corrected chi connectivity index (χ3v) is 2.15. The van der Waals surface area contributed by atoms with Gasteiger partial charge in [-0.2, -0.15) is 0 Å². The van der Waals surface area contributed by atoms with Crippen LogP contribution in [0.25, 0.3) is 0 Å². The number of aromatic nitrogens is 1. The number of nitrogens with zero attached hydrogens (tertiary/aromatic N) is 1. The fourth-order valence-electron chi connectivity index (χ4n) is 1.21. The van der Waals surface area contributed by atoms with Crippen LogP contribution >= 0.6 is 0 Å². The predicted molar refractivity (Wildman–Crippen MR) is 53.4 cm³/mol. The first-order chi connectivity index (χ1) is 5.82. The zero-order valence-corrected chi connectivity index (χ0v) is 8.55. The Kier molecular flexibility index (Phi) is 2.30. The second kappa shape index (κ2) is 3.00. The Labute approximate surface area is 78.6 Å². The summed E-state index contributed by atoms with van der Waals surface area (Å²) >= 11 is 0. The SMILES string of the molecule is Cc1cc(C(C)(C)O)c(N)nc1C. The van der Waals surface area contributed by atoms with Gasteiger partial charge in [-0.05, 0) is 39.3 Å². The molecule has 0 saturated carbocycles. The van der Waals surface area contributed by atoms with Gasteiger partial charge in [-0.1, -0.05) is 0 Å². The van der Waals surface area contributed by atoms with Gasteiger partial charge in [-0.25, -0.2) is 4.98 Å². The van der Waals surface area contributed by atoms with Crippen LogP contribution in [-0.4, -0.2) is 10.1 Å². The molecular weight excluding hydrogens is 164 g/mol. The third-order valence-electron chi connectivity index (χ3n) is 2.15. The van der Waals surface area contributed by atoms with Crippen molar-refractivity contribution in [1.29, 1.82) is 0 Å². The average Bonchev–Trinajstić information content (AvgIpc) is 1.94. The standard InChI is InChI=1S/C10H16N2O/c1-6-5-8(10(3,4)13)9(11)12-7(6)2/h5,13H,1-4H3,(H2,11,12). The molecule has 0 atom stereocenters. The number of nitrogen functional groups attached to an aromatic ring is 1. The van der Waals surface area contributed by atoms with Crippen LogP contribution in [0.5, 0.6) is 0 Å². The third kappa shape index (κ3) is 1.98. The van der Waals surface area contributed by atoms with Gasteiger partial charge in [-0.3, -0.25) is 0 Å². The lowest BCUT2D eigenvalue weighted by Gasteiger charge is -2.20. The molecule has 0 fully saturated rings. The average molecular weight is 180 g/mol. The fourth-order valence-corrected chi connectivity index (χ4v) is 1.21. The van der Waals surface area contributed by atoms with Crippen molar-refractivity contribution in [1.82, 2.24) is 4.98 Å². The molecule has 3 nitrogen and oxygen atoms in total. The van der Waals surface area contributed by atoms with Crippen LogP contribution < -0.4 is 5.73 Å². The van der Waals surface area contributed by atoms with Crippen molar-refractivity contribution >= 4 is 5.82 Å².